The van der Waals surface area contributed by atoms with Gasteiger partial charge in [0, 0.05) is 36.7 Å². The molecule has 0 saturated carbocycles. The Morgan fingerprint density at radius 1 is 1.21 bits per heavy atom. The van der Waals surface area contributed by atoms with Gasteiger partial charge in [-0.05, 0) is 24.1 Å². The van der Waals surface area contributed by atoms with Gasteiger partial charge in [0.15, 0.2) is 0 Å². The number of anilines is 2. The van der Waals surface area contributed by atoms with Crippen molar-refractivity contribution in [2.75, 3.05) is 37.0 Å². The van der Waals surface area contributed by atoms with Crippen LogP contribution in [0.15, 0.2) is 30.3 Å². The monoisotopic (exact) mass is 348 g/mol. The van der Waals surface area contributed by atoms with E-state index >= 15 is 0 Å². The normalized spacial score (nSPS) is 17.0. The van der Waals surface area contributed by atoms with Crippen molar-refractivity contribution in [3.05, 3.63) is 46.6 Å². The summed E-state index contributed by atoms with van der Waals surface area (Å²) in [5, 5.41) is 16.1. The summed E-state index contributed by atoms with van der Waals surface area (Å²) in [6, 6.07) is 9.67. The highest BCUT2D eigenvalue weighted by Gasteiger charge is 2.20. The van der Waals surface area contributed by atoms with E-state index < -0.39 is 0 Å². The maximum Gasteiger partial charge on any atom is 0.224 e. The Morgan fingerprint density at radius 3 is 2.75 bits per heavy atom. The molecule has 1 aliphatic heterocycles. The molecule has 0 aliphatic carbocycles. The number of aromatic nitrogens is 2. The van der Waals surface area contributed by atoms with Crippen LogP contribution in [0.4, 0.5) is 11.8 Å². The number of aliphatic hydroxyl groups is 1. The number of benzene rings is 1. The number of nitrogens with zero attached hydrogens (tertiary/aromatic N) is 2. The third kappa shape index (κ3) is 4.56. The van der Waals surface area contributed by atoms with Gasteiger partial charge in [-0.15, -0.1) is 0 Å². The highest BCUT2D eigenvalue weighted by molar-refractivity contribution is 6.30. The number of nitrogens with one attached hydrogen (secondary N) is 2. The van der Waals surface area contributed by atoms with Gasteiger partial charge in [-0.3, -0.25) is 0 Å². The van der Waals surface area contributed by atoms with Gasteiger partial charge < -0.3 is 20.5 Å². The van der Waals surface area contributed by atoms with Crippen LogP contribution in [-0.2, 0) is 11.3 Å². The van der Waals surface area contributed by atoms with Crippen molar-refractivity contribution in [1.29, 1.82) is 0 Å². The van der Waals surface area contributed by atoms with Crippen LogP contribution in [0, 0.1) is 0 Å². The molecule has 2 aromatic rings. The van der Waals surface area contributed by atoms with E-state index in [1.165, 1.54) is 0 Å². The van der Waals surface area contributed by atoms with E-state index in [9.17, 15) is 0 Å². The maximum absolute atomic E-state index is 8.99. The molecule has 1 fully saturated rings. The van der Waals surface area contributed by atoms with E-state index in [2.05, 4.69) is 20.6 Å². The Labute approximate surface area is 146 Å². The Hall–Kier alpha value is -1.89. The molecule has 3 rings (SSSR count). The Morgan fingerprint density at radius 2 is 2.04 bits per heavy atom. The molecule has 1 atom stereocenters. The van der Waals surface area contributed by atoms with Gasteiger partial charge in [0.2, 0.25) is 5.95 Å². The molecule has 0 unspecified atom stereocenters. The van der Waals surface area contributed by atoms with Crippen LogP contribution in [0.1, 0.15) is 23.6 Å². The van der Waals surface area contributed by atoms with Gasteiger partial charge >= 0.3 is 0 Å². The molecule has 1 aliphatic rings. The van der Waals surface area contributed by atoms with Crippen LogP contribution in [0.2, 0.25) is 5.02 Å². The second-order valence-corrected chi connectivity index (χ2v) is 6.13. The van der Waals surface area contributed by atoms with Gasteiger partial charge in [-0.1, -0.05) is 23.7 Å². The van der Waals surface area contributed by atoms with Gasteiger partial charge in [-0.2, -0.15) is 4.98 Å². The lowest BCUT2D eigenvalue weighted by Gasteiger charge is -2.13. The topological polar surface area (TPSA) is 79.3 Å². The van der Waals surface area contributed by atoms with Crippen molar-refractivity contribution in [2.24, 2.45) is 0 Å². The lowest BCUT2D eigenvalue weighted by atomic mass is 10.0. The van der Waals surface area contributed by atoms with Crippen LogP contribution >= 0.6 is 11.6 Å². The van der Waals surface area contributed by atoms with Crippen molar-refractivity contribution >= 4 is 23.4 Å². The molecule has 1 aromatic heterocycles. The number of ether oxygens (including phenoxy) is 1. The van der Waals surface area contributed by atoms with Crippen molar-refractivity contribution in [2.45, 2.75) is 18.9 Å². The summed E-state index contributed by atoms with van der Waals surface area (Å²) < 4.78 is 5.46. The van der Waals surface area contributed by atoms with Crippen molar-refractivity contribution in [3.63, 3.8) is 0 Å². The summed E-state index contributed by atoms with van der Waals surface area (Å²) in [7, 11) is 0. The zero-order valence-electron chi connectivity index (χ0n) is 13.3. The standard InChI is InChI=1S/C17H21ClN4O2/c18-14-3-1-12(2-4-14)10-20-16-9-15(13-5-8-24-11-13)21-17(22-16)19-6-7-23/h1-4,9,13,23H,5-8,10-11H2,(H2,19,20,21,22)/t13-/m0/s1. The number of aliphatic hydroxyl groups excluding tert-OH is 1. The van der Waals surface area contributed by atoms with Crippen LogP contribution < -0.4 is 10.6 Å². The molecular formula is C17H21ClN4O2. The third-order valence-electron chi connectivity index (χ3n) is 3.88. The minimum atomic E-state index is 0.0354. The first-order valence-electron chi connectivity index (χ1n) is 8.04. The van der Waals surface area contributed by atoms with E-state index in [1.54, 1.807) is 0 Å². The minimum absolute atomic E-state index is 0.0354. The Bertz CT molecular complexity index is 660. The van der Waals surface area contributed by atoms with Gasteiger partial charge in [0.25, 0.3) is 0 Å². The summed E-state index contributed by atoms with van der Waals surface area (Å²) in [6.45, 7) is 2.55. The summed E-state index contributed by atoms with van der Waals surface area (Å²) >= 11 is 5.91. The predicted molar refractivity (Wildman–Crippen MR) is 94.6 cm³/mol. The maximum atomic E-state index is 8.99. The second-order valence-electron chi connectivity index (χ2n) is 5.69. The van der Waals surface area contributed by atoms with Crippen molar-refractivity contribution in [1.82, 2.24) is 9.97 Å². The van der Waals surface area contributed by atoms with Gasteiger partial charge in [0.05, 0.1) is 18.9 Å². The number of hydrogen-bond donors (Lipinski definition) is 3. The molecule has 0 amide bonds. The second kappa shape index (κ2) is 8.28. The summed E-state index contributed by atoms with van der Waals surface area (Å²) in [5.41, 5.74) is 2.08. The number of halogens is 1. The van der Waals surface area contributed by atoms with E-state index in [-0.39, 0.29) is 6.61 Å². The summed E-state index contributed by atoms with van der Waals surface area (Å²) in [5.74, 6) is 1.56. The average Bonchev–Trinajstić information content (AvgIpc) is 3.14. The highest BCUT2D eigenvalue weighted by atomic mass is 35.5. The van der Waals surface area contributed by atoms with Crippen LogP contribution in [0.5, 0.6) is 0 Å². The van der Waals surface area contributed by atoms with Crippen LogP contribution in [0.3, 0.4) is 0 Å². The molecule has 6 nitrogen and oxygen atoms in total. The van der Waals surface area contributed by atoms with Crippen LogP contribution in [-0.4, -0.2) is 41.4 Å². The first kappa shape index (κ1) is 17.0. The zero-order valence-corrected chi connectivity index (χ0v) is 14.1. The van der Waals surface area contributed by atoms with Gasteiger partial charge in [0.1, 0.15) is 5.82 Å². The third-order valence-corrected chi connectivity index (χ3v) is 4.13. The minimum Gasteiger partial charge on any atom is -0.395 e. The largest absolute Gasteiger partial charge is 0.395 e. The van der Waals surface area contributed by atoms with E-state index in [0.29, 0.717) is 31.6 Å². The zero-order chi connectivity index (χ0) is 16.8. The van der Waals surface area contributed by atoms with E-state index in [4.69, 9.17) is 21.4 Å². The lowest BCUT2D eigenvalue weighted by molar-refractivity contribution is 0.193. The molecule has 128 valence electrons. The SMILES string of the molecule is OCCNc1nc(NCc2ccc(Cl)cc2)cc([C@H]2CCOC2)n1. The smallest absolute Gasteiger partial charge is 0.224 e. The van der Waals surface area contributed by atoms with Crippen molar-refractivity contribution < 1.29 is 9.84 Å². The molecule has 1 aromatic carbocycles. The molecule has 24 heavy (non-hydrogen) atoms. The average molecular weight is 349 g/mol. The first-order valence-corrected chi connectivity index (χ1v) is 8.42. The number of hydrogen-bond acceptors (Lipinski definition) is 6. The Kier molecular flexibility index (Phi) is 5.85. The first-order chi connectivity index (χ1) is 11.7. The fourth-order valence-electron chi connectivity index (χ4n) is 2.58. The van der Waals surface area contributed by atoms with E-state index in [0.717, 1.165) is 35.1 Å². The molecule has 7 heteroatoms. The molecule has 0 radical (unpaired) electrons. The fourth-order valence-corrected chi connectivity index (χ4v) is 2.70. The molecule has 0 bridgehead atoms. The highest BCUT2D eigenvalue weighted by Crippen LogP contribution is 2.26. The Balaban J connectivity index is 1.74. The molecular weight excluding hydrogens is 328 g/mol. The quantitative estimate of drug-likeness (QED) is 0.714. The van der Waals surface area contributed by atoms with Crippen molar-refractivity contribution in [3.8, 4) is 0 Å². The van der Waals surface area contributed by atoms with E-state index in [1.807, 2.05) is 30.3 Å². The molecule has 1 saturated heterocycles. The van der Waals surface area contributed by atoms with Crippen LogP contribution in [0.25, 0.3) is 0 Å². The molecule has 3 N–H and O–H groups in total. The summed E-state index contributed by atoms with van der Waals surface area (Å²) in [4.78, 5) is 9.01. The lowest BCUT2D eigenvalue weighted by Crippen LogP contribution is -2.13. The fraction of sp³-hybridized carbons (Fsp3) is 0.412. The molecule has 2 heterocycles. The molecule has 0 spiro atoms. The predicted octanol–water partition coefficient (Wildman–Crippen LogP) is 2.65. The van der Waals surface area contributed by atoms with Gasteiger partial charge in [-0.25, -0.2) is 4.98 Å². The summed E-state index contributed by atoms with van der Waals surface area (Å²) in [6.07, 6.45) is 0.965. The number of rotatable bonds is 7.